The van der Waals surface area contributed by atoms with Gasteiger partial charge < -0.3 is 5.32 Å². The number of urea groups is 2. The fourth-order valence-corrected chi connectivity index (χ4v) is 1.63. The van der Waals surface area contributed by atoms with Crippen molar-refractivity contribution < 1.29 is 24.0 Å². The van der Waals surface area contributed by atoms with Gasteiger partial charge in [0.1, 0.15) is 6.54 Å². The summed E-state index contributed by atoms with van der Waals surface area (Å²) in [5, 5.41) is 4.27. The molecule has 9 nitrogen and oxygen atoms in total. The van der Waals surface area contributed by atoms with E-state index in [-0.39, 0.29) is 6.54 Å². The van der Waals surface area contributed by atoms with Crippen LogP contribution in [0.5, 0.6) is 0 Å². The summed E-state index contributed by atoms with van der Waals surface area (Å²) >= 11 is 0. The lowest BCUT2D eigenvalue weighted by Crippen LogP contribution is -2.46. The fraction of sp³-hybridized carbons (Fsp3) is 0.545. The van der Waals surface area contributed by atoms with Crippen LogP contribution in [0.15, 0.2) is 0 Å². The van der Waals surface area contributed by atoms with Gasteiger partial charge in [-0.3, -0.25) is 24.6 Å². The Bertz CT molecular complexity index is 462. The van der Waals surface area contributed by atoms with Crippen molar-refractivity contribution in [3.8, 4) is 0 Å². The molecule has 7 amide bonds. The molecule has 0 aliphatic carbocycles. The maximum Gasteiger partial charge on any atom is 0.334 e. The van der Waals surface area contributed by atoms with Crippen molar-refractivity contribution in [2.45, 2.75) is 20.3 Å². The number of nitrogens with zero attached hydrogens (tertiary/aromatic N) is 2. The molecular weight excluding hydrogens is 268 g/mol. The summed E-state index contributed by atoms with van der Waals surface area (Å²) in [6, 6.07) is -1.57. The third-order valence-corrected chi connectivity index (χ3v) is 2.47. The number of carbonyl (C=O) groups is 5. The molecule has 1 saturated heterocycles. The molecule has 20 heavy (non-hydrogen) atoms. The van der Waals surface area contributed by atoms with E-state index in [1.807, 2.05) is 5.32 Å². The average Bonchev–Trinajstić information content (AvgIpc) is 2.57. The van der Waals surface area contributed by atoms with E-state index in [9.17, 15) is 24.0 Å². The van der Waals surface area contributed by atoms with Crippen molar-refractivity contribution in [1.29, 1.82) is 0 Å². The zero-order valence-electron chi connectivity index (χ0n) is 11.3. The Hall–Kier alpha value is -2.45. The molecule has 0 atom stereocenters. The van der Waals surface area contributed by atoms with Crippen LogP contribution in [0.25, 0.3) is 0 Å². The number of carbonyl (C=O) groups excluding carboxylic acids is 5. The van der Waals surface area contributed by atoms with E-state index < -0.39 is 36.3 Å². The highest BCUT2D eigenvalue weighted by Gasteiger charge is 2.44. The van der Waals surface area contributed by atoms with E-state index in [0.29, 0.717) is 17.9 Å². The van der Waals surface area contributed by atoms with Gasteiger partial charge in [0.05, 0.1) is 0 Å². The van der Waals surface area contributed by atoms with Gasteiger partial charge in [0, 0.05) is 13.1 Å². The highest BCUT2D eigenvalue weighted by molar-refractivity contribution is 6.45. The van der Waals surface area contributed by atoms with E-state index in [2.05, 4.69) is 5.32 Å². The first-order chi connectivity index (χ1) is 9.42. The Morgan fingerprint density at radius 2 is 1.65 bits per heavy atom. The molecule has 0 radical (unpaired) electrons. The molecular formula is C11H16N4O5. The predicted molar refractivity (Wildman–Crippen MR) is 66.3 cm³/mol. The Labute approximate surface area is 115 Å². The standard InChI is InChI=1S/C11H16N4O5/c1-3-5-14-8(17)9(18)15(11(14)20)6-7(16)13-10(19)12-4-2/h3-6H2,1-2H3,(H2,12,13,16,19). The normalized spacial score (nSPS) is 14.8. The summed E-state index contributed by atoms with van der Waals surface area (Å²) in [5.74, 6) is -2.86. The molecule has 0 aromatic heterocycles. The number of hydrogen-bond acceptors (Lipinski definition) is 5. The lowest BCUT2D eigenvalue weighted by Gasteiger charge is -2.14. The fourth-order valence-electron chi connectivity index (χ4n) is 1.63. The maximum absolute atomic E-state index is 11.8. The Balaban J connectivity index is 2.66. The third kappa shape index (κ3) is 3.31. The molecule has 9 heteroatoms. The zero-order valence-corrected chi connectivity index (χ0v) is 11.3. The summed E-state index contributed by atoms with van der Waals surface area (Å²) in [4.78, 5) is 58.8. The molecule has 1 fully saturated rings. The minimum absolute atomic E-state index is 0.109. The minimum atomic E-state index is -1.06. The van der Waals surface area contributed by atoms with E-state index in [1.165, 1.54) is 0 Å². The van der Waals surface area contributed by atoms with Crippen LogP contribution in [0, 0.1) is 0 Å². The molecule has 0 aromatic carbocycles. The molecule has 1 rings (SSSR count). The Morgan fingerprint density at radius 1 is 1.05 bits per heavy atom. The number of amides is 7. The van der Waals surface area contributed by atoms with Crippen molar-refractivity contribution in [3.63, 3.8) is 0 Å². The van der Waals surface area contributed by atoms with Gasteiger partial charge in [0.25, 0.3) is 0 Å². The Morgan fingerprint density at radius 3 is 2.20 bits per heavy atom. The summed E-state index contributed by atoms with van der Waals surface area (Å²) in [5.41, 5.74) is 0. The van der Waals surface area contributed by atoms with Gasteiger partial charge in [0.2, 0.25) is 5.91 Å². The minimum Gasteiger partial charge on any atom is -0.338 e. The first-order valence-electron chi connectivity index (χ1n) is 6.17. The monoisotopic (exact) mass is 284 g/mol. The molecule has 0 spiro atoms. The summed E-state index contributed by atoms with van der Waals surface area (Å²) in [6.07, 6.45) is 0.504. The molecule has 0 saturated carbocycles. The molecule has 2 N–H and O–H groups in total. The number of imide groups is 3. The topological polar surface area (TPSA) is 116 Å². The number of nitrogens with one attached hydrogen (secondary N) is 2. The Kier molecular flexibility index (Phi) is 5.18. The second kappa shape index (κ2) is 6.64. The van der Waals surface area contributed by atoms with Crippen LogP contribution >= 0.6 is 0 Å². The van der Waals surface area contributed by atoms with E-state index in [0.717, 1.165) is 4.90 Å². The maximum atomic E-state index is 11.8. The zero-order chi connectivity index (χ0) is 15.3. The van der Waals surface area contributed by atoms with Gasteiger partial charge in [0.15, 0.2) is 0 Å². The van der Waals surface area contributed by atoms with Crippen molar-refractivity contribution in [1.82, 2.24) is 20.4 Å². The SMILES string of the molecule is CCCN1C(=O)C(=O)N(CC(=O)NC(=O)NCC)C1=O. The lowest BCUT2D eigenvalue weighted by molar-refractivity contribution is -0.143. The quantitative estimate of drug-likeness (QED) is 0.498. The van der Waals surface area contributed by atoms with Crippen molar-refractivity contribution in [2.75, 3.05) is 19.6 Å². The van der Waals surface area contributed by atoms with Crippen molar-refractivity contribution >= 4 is 29.8 Å². The molecule has 0 unspecified atom stereocenters. The van der Waals surface area contributed by atoms with Crippen LogP contribution in [-0.2, 0) is 14.4 Å². The highest BCUT2D eigenvalue weighted by atomic mass is 16.2. The van der Waals surface area contributed by atoms with Crippen LogP contribution in [0.1, 0.15) is 20.3 Å². The van der Waals surface area contributed by atoms with Gasteiger partial charge in [-0.25, -0.2) is 14.5 Å². The van der Waals surface area contributed by atoms with Crippen LogP contribution in [0.4, 0.5) is 9.59 Å². The number of rotatable bonds is 5. The van der Waals surface area contributed by atoms with Gasteiger partial charge in [-0.05, 0) is 13.3 Å². The van der Waals surface area contributed by atoms with Crippen molar-refractivity contribution in [3.05, 3.63) is 0 Å². The number of hydrogen-bond donors (Lipinski definition) is 2. The van der Waals surface area contributed by atoms with Crippen molar-refractivity contribution in [2.24, 2.45) is 0 Å². The largest absolute Gasteiger partial charge is 0.338 e. The smallest absolute Gasteiger partial charge is 0.334 e. The first-order valence-corrected chi connectivity index (χ1v) is 6.17. The lowest BCUT2D eigenvalue weighted by atomic mass is 10.4. The summed E-state index contributed by atoms with van der Waals surface area (Å²) in [6.45, 7) is 3.18. The molecule has 110 valence electrons. The van der Waals surface area contributed by atoms with Gasteiger partial charge in [-0.1, -0.05) is 6.92 Å². The predicted octanol–water partition coefficient (Wildman–Crippen LogP) is -0.967. The van der Waals surface area contributed by atoms with Crippen LogP contribution < -0.4 is 10.6 Å². The van der Waals surface area contributed by atoms with E-state index in [4.69, 9.17) is 0 Å². The molecule has 0 bridgehead atoms. The molecule has 1 heterocycles. The molecule has 1 aliphatic heterocycles. The van der Waals surface area contributed by atoms with Crippen LogP contribution in [-0.4, -0.2) is 59.2 Å². The molecule has 1 aliphatic rings. The van der Waals surface area contributed by atoms with Crippen LogP contribution in [0.2, 0.25) is 0 Å². The van der Waals surface area contributed by atoms with E-state index in [1.54, 1.807) is 13.8 Å². The average molecular weight is 284 g/mol. The van der Waals surface area contributed by atoms with Gasteiger partial charge >= 0.3 is 23.9 Å². The second-order valence-electron chi connectivity index (χ2n) is 4.04. The molecule has 0 aromatic rings. The third-order valence-electron chi connectivity index (χ3n) is 2.47. The highest BCUT2D eigenvalue weighted by Crippen LogP contribution is 2.11. The van der Waals surface area contributed by atoms with Gasteiger partial charge in [-0.15, -0.1) is 0 Å². The van der Waals surface area contributed by atoms with E-state index >= 15 is 0 Å². The van der Waals surface area contributed by atoms with Gasteiger partial charge in [-0.2, -0.15) is 0 Å². The van der Waals surface area contributed by atoms with Crippen LogP contribution in [0.3, 0.4) is 0 Å². The summed E-state index contributed by atoms with van der Waals surface area (Å²) < 4.78 is 0. The summed E-state index contributed by atoms with van der Waals surface area (Å²) in [7, 11) is 0. The first kappa shape index (κ1) is 15.6. The second-order valence-corrected chi connectivity index (χ2v) is 4.04.